The number of halogens is 1. The number of aromatic nitrogens is 1. The van der Waals surface area contributed by atoms with Crippen molar-refractivity contribution in [1.29, 1.82) is 0 Å². The SMILES string of the molecule is CCOC(=O)Cc1csc(NN=Cc2cc(Br)ccc2OCC(=O)NCc2ccccc2)n1. The Balaban J connectivity index is 1.54. The van der Waals surface area contributed by atoms with E-state index >= 15 is 0 Å². The van der Waals surface area contributed by atoms with Crippen molar-refractivity contribution in [1.82, 2.24) is 10.3 Å². The highest BCUT2D eigenvalue weighted by molar-refractivity contribution is 9.10. The summed E-state index contributed by atoms with van der Waals surface area (Å²) in [5.41, 5.74) is 5.15. The van der Waals surface area contributed by atoms with Crippen LogP contribution in [0.2, 0.25) is 0 Å². The molecule has 1 aromatic heterocycles. The van der Waals surface area contributed by atoms with Gasteiger partial charge in [0.25, 0.3) is 5.91 Å². The Morgan fingerprint density at radius 2 is 2.03 bits per heavy atom. The van der Waals surface area contributed by atoms with Gasteiger partial charge < -0.3 is 14.8 Å². The molecule has 1 amide bonds. The Labute approximate surface area is 204 Å². The number of anilines is 1. The predicted molar refractivity (Wildman–Crippen MR) is 132 cm³/mol. The number of nitrogens with zero attached hydrogens (tertiary/aromatic N) is 2. The van der Waals surface area contributed by atoms with Crippen molar-refractivity contribution in [3.8, 4) is 5.75 Å². The van der Waals surface area contributed by atoms with E-state index in [9.17, 15) is 9.59 Å². The maximum Gasteiger partial charge on any atom is 0.311 e. The molecule has 0 saturated carbocycles. The van der Waals surface area contributed by atoms with Gasteiger partial charge in [0.15, 0.2) is 6.61 Å². The second-order valence-electron chi connectivity index (χ2n) is 6.73. The first-order valence-electron chi connectivity index (χ1n) is 10.2. The van der Waals surface area contributed by atoms with Gasteiger partial charge in [-0.3, -0.25) is 15.0 Å². The Kier molecular flexibility index (Phi) is 9.40. The first kappa shape index (κ1) is 24.4. The lowest BCUT2D eigenvalue weighted by Gasteiger charge is -2.10. The number of amides is 1. The fourth-order valence-electron chi connectivity index (χ4n) is 2.70. The molecule has 3 rings (SSSR count). The van der Waals surface area contributed by atoms with Gasteiger partial charge >= 0.3 is 5.97 Å². The molecule has 33 heavy (non-hydrogen) atoms. The number of hydrogen-bond donors (Lipinski definition) is 2. The van der Waals surface area contributed by atoms with E-state index in [1.54, 1.807) is 24.6 Å². The molecule has 0 fully saturated rings. The molecule has 0 aliphatic heterocycles. The van der Waals surface area contributed by atoms with Crippen LogP contribution < -0.4 is 15.5 Å². The molecule has 172 valence electrons. The lowest BCUT2D eigenvalue weighted by Crippen LogP contribution is -2.28. The van der Waals surface area contributed by atoms with Crippen LogP contribution in [0.25, 0.3) is 0 Å². The third-order valence-electron chi connectivity index (χ3n) is 4.21. The number of benzene rings is 2. The van der Waals surface area contributed by atoms with Crippen molar-refractivity contribution in [2.75, 3.05) is 18.6 Å². The van der Waals surface area contributed by atoms with E-state index in [0.717, 1.165) is 10.0 Å². The topological polar surface area (TPSA) is 102 Å². The molecule has 0 aliphatic rings. The van der Waals surface area contributed by atoms with Crippen molar-refractivity contribution in [2.24, 2.45) is 5.10 Å². The number of carbonyl (C=O) groups excluding carboxylic acids is 2. The summed E-state index contributed by atoms with van der Waals surface area (Å²) in [5.74, 6) is -0.0259. The highest BCUT2D eigenvalue weighted by atomic mass is 79.9. The largest absolute Gasteiger partial charge is 0.483 e. The Morgan fingerprint density at radius 3 is 2.82 bits per heavy atom. The third kappa shape index (κ3) is 8.32. The fraction of sp³-hybridized carbons (Fsp3) is 0.217. The number of esters is 1. The zero-order valence-electron chi connectivity index (χ0n) is 17.9. The van der Waals surface area contributed by atoms with Gasteiger partial charge in [-0.15, -0.1) is 11.3 Å². The van der Waals surface area contributed by atoms with Gasteiger partial charge in [0, 0.05) is 22.0 Å². The number of ether oxygens (including phenoxy) is 2. The number of hydrazone groups is 1. The minimum atomic E-state index is -0.318. The normalized spacial score (nSPS) is 10.7. The van der Waals surface area contributed by atoms with Crippen LogP contribution in [0.4, 0.5) is 5.13 Å². The monoisotopic (exact) mass is 530 g/mol. The number of hydrogen-bond acceptors (Lipinski definition) is 8. The average molecular weight is 531 g/mol. The molecule has 0 spiro atoms. The molecule has 2 N–H and O–H groups in total. The number of carbonyl (C=O) groups is 2. The predicted octanol–water partition coefficient (Wildman–Crippen LogP) is 4.15. The minimum Gasteiger partial charge on any atom is -0.483 e. The molecule has 10 heteroatoms. The molecule has 0 radical (unpaired) electrons. The smallest absolute Gasteiger partial charge is 0.311 e. The fourth-order valence-corrected chi connectivity index (χ4v) is 3.74. The molecule has 0 atom stereocenters. The van der Waals surface area contributed by atoms with Crippen LogP contribution >= 0.6 is 27.3 Å². The summed E-state index contributed by atoms with van der Waals surface area (Å²) in [6, 6.07) is 15.1. The molecule has 0 bridgehead atoms. The minimum absolute atomic E-state index is 0.117. The number of rotatable bonds is 11. The van der Waals surface area contributed by atoms with Crippen LogP contribution in [0.3, 0.4) is 0 Å². The van der Waals surface area contributed by atoms with Crippen molar-refractivity contribution in [3.05, 3.63) is 75.2 Å². The van der Waals surface area contributed by atoms with E-state index in [1.807, 2.05) is 42.5 Å². The molecule has 2 aromatic carbocycles. The summed E-state index contributed by atoms with van der Waals surface area (Å²) in [6.45, 7) is 2.42. The van der Waals surface area contributed by atoms with Gasteiger partial charge in [0.2, 0.25) is 5.13 Å². The van der Waals surface area contributed by atoms with Crippen molar-refractivity contribution in [2.45, 2.75) is 19.9 Å². The maximum atomic E-state index is 12.2. The highest BCUT2D eigenvalue weighted by Crippen LogP contribution is 2.22. The maximum absolute atomic E-state index is 12.2. The van der Waals surface area contributed by atoms with E-state index < -0.39 is 0 Å². The second kappa shape index (κ2) is 12.7. The Bertz CT molecular complexity index is 1100. The average Bonchev–Trinajstić information content (AvgIpc) is 3.25. The number of thiazole rings is 1. The van der Waals surface area contributed by atoms with Gasteiger partial charge in [-0.25, -0.2) is 4.98 Å². The van der Waals surface area contributed by atoms with Crippen molar-refractivity contribution < 1.29 is 19.1 Å². The van der Waals surface area contributed by atoms with Crippen LogP contribution in [0.15, 0.2) is 63.5 Å². The highest BCUT2D eigenvalue weighted by Gasteiger charge is 2.09. The number of nitrogens with one attached hydrogen (secondary N) is 2. The zero-order chi connectivity index (χ0) is 23.5. The molecule has 0 saturated heterocycles. The van der Waals surface area contributed by atoms with Crippen LogP contribution in [0, 0.1) is 0 Å². The van der Waals surface area contributed by atoms with Crippen molar-refractivity contribution in [3.63, 3.8) is 0 Å². The summed E-state index contributed by atoms with van der Waals surface area (Å²) in [4.78, 5) is 28.0. The third-order valence-corrected chi connectivity index (χ3v) is 5.50. The Morgan fingerprint density at radius 1 is 1.21 bits per heavy atom. The quantitative estimate of drug-likeness (QED) is 0.219. The lowest BCUT2D eigenvalue weighted by molar-refractivity contribution is -0.142. The Hall–Kier alpha value is -3.24. The molecular formula is C23H23BrN4O4S. The summed E-state index contributed by atoms with van der Waals surface area (Å²) >= 11 is 4.76. The molecule has 3 aromatic rings. The van der Waals surface area contributed by atoms with Gasteiger partial charge in [0.05, 0.1) is 24.9 Å². The molecule has 0 unspecified atom stereocenters. The molecule has 0 aliphatic carbocycles. The second-order valence-corrected chi connectivity index (χ2v) is 8.50. The van der Waals surface area contributed by atoms with E-state index in [1.165, 1.54) is 11.3 Å². The van der Waals surface area contributed by atoms with Crippen LogP contribution in [0.1, 0.15) is 23.7 Å². The van der Waals surface area contributed by atoms with E-state index in [4.69, 9.17) is 9.47 Å². The van der Waals surface area contributed by atoms with Gasteiger partial charge in [-0.05, 0) is 30.7 Å². The summed E-state index contributed by atoms with van der Waals surface area (Å²) in [6.07, 6.45) is 1.69. The van der Waals surface area contributed by atoms with Crippen LogP contribution in [-0.2, 0) is 27.3 Å². The molecular weight excluding hydrogens is 508 g/mol. The van der Waals surface area contributed by atoms with Crippen LogP contribution in [0.5, 0.6) is 5.75 Å². The zero-order valence-corrected chi connectivity index (χ0v) is 20.3. The van der Waals surface area contributed by atoms with E-state index in [2.05, 4.69) is 36.8 Å². The van der Waals surface area contributed by atoms with Gasteiger partial charge in [-0.1, -0.05) is 46.3 Å². The van der Waals surface area contributed by atoms with Crippen molar-refractivity contribution >= 4 is 50.5 Å². The summed E-state index contributed by atoms with van der Waals surface area (Å²) in [7, 11) is 0. The molecule has 1 heterocycles. The first-order valence-corrected chi connectivity index (χ1v) is 11.8. The summed E-state index contributed by atoms with van der Waals surface area (Å²) < 4.78 is 11.5. The van der Waals surface area contributed by atoms with Crippen LogP contribution in [-0.4, -0.2) is 36.3 Å². The van der Waals surface area contributed by atoms with Gasteiger partial charge in [-0.2, -0.15) is 5.10 Å². The lowest BCUT2D eigenvalue weighted by atomic mass is 10.2. The summed E-state index contributed by atoms with van der Waals surface area (Å²) in [5, 5.41) is 9.35. The van der Waals surface area contributed by atoms with Gasteiger partial charge in [0.1, 0.15) is 5.75 Å². The standard InChI is InChI=1S/C23H23BrN4O4S/c1-2-31-22(30)11-19-15-33-23(27-19)28-26-13-17-10-18(24)8-9-20(17)32-14-21(29)25-12-16-6-4-3-5-7-16/h3-10,13,15H,2,11-12,14H2,1H3,(H,25,29)(H,27,28). The molecule has 8 nitrogen and oxygen atoms in total. The van der Waals surface area contributed by atoms with E-state index in [0.29, 0.717) is 35.3 Å². The first-order chi connectivity index (χ1) is 16.0. The van der Waals surface area contributed by atoms with E-state index in [-0.39, 0.29) is 24.9 Å².